The zero-order chi connectivity index (χ0) is 16.2. The first kappa shape index (κ1) is 15.0. The SMILES string of the molecule is COc1ccc(NC(=O)c2ccc(Cl)cc2-n2cnnn2)cc1. The molecule has 0 unspecified atom stereocenters. The summed E-state index contributed by atoms with van der Waals surface area (Å²) >= 11 is 6.00. The molecule has 7 nitrogen and oxygen atoms in total. The fourth-order valence-electron chi connectivity index (χ4n) is 2.03. The van der Waals surface area contributed by atoms with Crippen molar-refractivity contribution in [3.8, 4) is 11.4 Å². The van der Waals surface area contributed by atoms with Crippen molar-refractivity contribution in [3.63, 3.8) is 0 Å². The average Bonchev–Trinajstić information content (AvgIpc) is 3.09. The Balaban J connectivity index is 1.90. The van der Waals surface area contributed by atoms with E-state index in [1.54, 1.807) is 49.6 Å². The van der Waals surface area contributed by atoms with Crippen LogP contribution in [0.3, 0.4) is 0 Å². The van der Waals surface area contributed by atoms with Crippen molar-refractivity contribution in [2.24, 2.45) is 0 Å². The summed E-state index contributed by atoms with van der Waals surface area (Å²) in [5.74, 6) is 0.418. The van der Waals surface area contributed by atoms with Crippen LogP contribution in [0.1, 0.15) is 10.4 Å². The predicted octanol–water partition coefficient (Wildman–Crippen LogP) is 2.58. The Morgan fingerprint density at radius 2 is 2.00 bits per heavy atom. The molecule has 23 heavy (non-hydrogen) atoms. The van der Waals surface area contributed by atoms with Crippen LogP contribution in [0, 0.1) is 0 Å². The summed E-state index contributed by atoms with van der Waals surface area (Å²) in [6, 6.07) is 11.9. The van der Waals surface area contributed by atoms with Crippen molar-refractivity contribution < 1.29 is 9.53 Å². The maximum Gasteiger partial charge on any atom is 0.257 e. The van der Waals surface area contributed by atoms with Crippen LogP contribution in [-0.2, 0) is 0 Å². The maximum atomic E-state index is 12.5. The molecule has 0 saturated heterocycles. The zero-order valence-corrected chi connectivity index (χ0v) is 12.9. The zero-order valence-electron chi connectivity index (χ0n) is 12.1. The lowest BCUT2D eigenvalue weighted by Crippen LogP contribution is -2.15. The molecule has 0 spiro atoms. The van der Waals surface area contributed by atoms with Crippen molar-refractivity contribution in [2.75, 3.05) is 12.4 Å². The fraction of sp³-hybridized carbons (Fsp3) is 0.0667. The number of tetrazole rings is 1. The number of benzene rings is 2. The van der Waals surface area contributed by atoms with Crippen LogP contribution in [0.4, 0.5) is 5.69 Å². The second-order valence-corrected chi connectivity index (χ2v) is 5.03. The number of anilines is 1. The molecular formula is C15H12ClN5O2. The molecule has 3 rings (SSSR count). The van der Waals surface area contributed by atoms with Crippen LogP contribution in [-0.4, -0.2) is 33.2 Å². The monoisotopic (exact) mass is 329 g/mol. The van der Waals surface area contributed by atoms with Crippen LogP contribution in [0.25, 0.3) is 5.69 Å². The van der Waals surface area contributed by atoms with Crippen LogP contribution in [0.2, 0.25) is 5.02 Å². The van der Waals surface area contributed by atoms with Gasteiger partial charge in [-0.1, -0.05) is 11.6 Å². The summed E-state index contributed by atoms with van der Waals surface area (Å²) in [6.45, 7) is 0. The molecule has 1 N–H and O–H groups in total. The topological polar surface area (TPSA) is 81.9 Å². The van der Waals surface area contributed by atoms with Crippen LogP contribution >= 0.6 is 11.6 Å². The van der Waals surface area contributed by atoms with E-state index in [9.17, 15) is 4.79 Å². The normalized spacial score (nSPS) is 10.3. The van der Waals surface area contributed by atoms with Gasteiger partial charge in [-0.3, -0.25) is 4.79 Å². The van der Waals surface area contributed by atoms with Crippen molar-refractivity contribution in [2.45, 2.75) is 0 Å². The van der Waals surface area contributed by atoms with Gasteiger partial charge in [0.25, 0.3) is 5.91 Å². The molecule has 0 saturated carbocycles. The van der Waals surface area contributed by atoms with Gasteiger partial charge in [-0.05, 0) is 52.9 Å². The van der Waals surface area contributed by atoms with Crippen LogP contribution in [0.5, 0.6) is 5.75 Å². The van der Waals surface area contributed by atoms with Crippen LogP contribution in [0.15, 0.2) is 48.8 Å². The van der Waals surface area contributed by atoms with Gasteiger partial charge < -0.3 is 10.1 Å². The number of carbonyl (C=O) groups excluding carboxylic acids is 1. The number of ether oxygens (including phenoxy) is 1. The molecule has 8 heteroatoms. The number of aromatic nitrogens is 4. The lowest BCUT2D eigenvalue weighted by atomic mass is 10.1. The Hall–Kier alpha value is -2.93. The van der Waals surface area contributed by atoms with E-state index in [1.165, 1.54) is 11.0 Å². The summed E-state index contributed by atoms with van der Waals surface area (Å²) in [5.41, 5.74) is 1.54. The largest absolute Gasteiger partial charge is 0.497 e. The molecular weight excluding hydrogens is 318 g/mol. The van der Waals surface area contributed by atoms with E-state index < -0.39 is 0 Å². The Kier molecular flexibility index (Phi) is 4.20. The van der Waals surface area contributed by atoms with Gasteiger partial charge in [-0.25, -0.2) is 0 Å². The minimum Gasteiger partial charge on any atom is -0.497 e. The van der Waals surface area contributed by atoms with Crippen molar-refractivity contribution in [1.82, 2.24) is 20.2 Å². The Morgan fingerprint density at radius 1 is 1.22 bits per heavy atom. The van der Waals surface area contributed by atoms with Gasteiger partial charge in [0.2, 0.25) is 0 Å². The molecule has 0 fully saturated rings. The third-order valence-electron chi connectivity index (χ3n) is 3.15. The molecule has 2 aromatic carbocycles. The highest BCUT2D eigenvalue weighted by Gasteiger charge is 2.14. The molecule has 1 amide bonds. The number of nitrogens with zero attached hydrogens (tertiary/aromatic N) is 4. The van der Waals surface area contributed by atoms with Crippen molar-refractivity contribution in [3.05, 3.63) is 59.4 Å². The minimum atomic E-state index is -0.294. The molecule has 0 aliphatic carbocycles. The highest BCUT2D eigenvalue weighted by molar-refractivity contribution is 6.31. The average molecular weight is 330 g/mol. The first-order chi connectivity index (χ1) is 11.2. The van der Waals surface area contributed by atoms with Gasteiger partial charge in [0.15, 0.2) is 0 Å². The second kappa shape index (κ2) is 6.45. The van der Waals surface area contributed by atoms with Crippen molar-refractivity contribution in [1.29, 1.82) is 0 Å². The molecule has 1 aromatic heterocycles. The first-order valence-electron chi connectivity index (χ1n) is 6.65. The highest BCUT2D eigenvalue weighted by Crippen LogP contribution is 2.21. The summed E-state index contributed by atoms with van der Waals surface area (Å²) in [5, 5.41) is 14.2. The molecule has 1 heterocycles. The Morgan fingerprint density at radius 3 is 2.65 bits per heavy atom. The molecule has 116 valence electrons. The fourth-order valence-corrected chi connectivity index (χ4v) is 2.20. The third kappa shape index (κ3) is 3.29. The Labute approximate surface area is 136 Å². The van der Waals surface area contributed by atoms with E-state index in [0.717, 1.165) is 0 Å². The minimum absolute atomic E-state index is 0.294. The molecule has 0 aliphatic heterocycles. The molecule has 3 aromatic rings. The van der Waals surface area contributed by atoms with Crippen molar-refractivity contribution >= 4 is 23.2 Å². The van der Waals surface area contributed by atoms with E-state index in [0.29, 0.717) is 27.7 Å². The number of rotatable bonds is 4. The van der Waals surface area contributed by atoms with Gasteiger partial charge in [0.1, 0.15) is 12.1 Å². The Bertz CT molecular complexity index is 818. The number of hydrogen-bond donors (Lipinski definition) is 1. The van der Waals surface area contributed by atoms with Gasteiger partial charge in [-0.15, -0.1) is 5.10 Å². The standard InChI is InChI=1S/C15H12ClN5O2/c1-23-12-5-3-11(4-6-12)18-15(22)13-7-2-10(16)8-14(13)21-9-17-19-20-21/h2-9H,1H3,(H,18,22). The molecule has 0 aliphatic rings. The number of halogens is 1. The molecule has 0 bridgehead atoms. The number of methoxy groups -OCH3 is 1. The predicted molar refractivity (Wildman–Crippen MR) is 85.1 cm³/mol. The lowest BCUT2D eigenvalue weighted by molar-refractivity contribution is 0.102. The van der Waals surface area contributed by atoms with E-state index in [4.69, 9.17) is 16.3 Å². The second-order valence-electron chi connectivity index (χ2n) is 4.60. The smallest absolute Gasteiger partial charge is 0.257 e. The van der Waals surface area contributed by atoms with Crippen LogP contribution < -0.4 is 10.1 Å². The van der Waals surface area contributed by atoms with E-state index >= 15 is 0 Å². The lowest BCUT2D eigenvalue weighted by Gasteiger charge is -2.10. The van der Waals surface area contributed by atoms with Gasteiger partial charge in [0, 0.05) is 10.7 Å². The number of hydrogen-bond acceptors (Lipinski definition) is 5. The number of nitrogens with one attached hydrogen (secondary N) is 1. The number of amides is 1. The number of carbonyl (C=O) groups is 1. The maximum absolute atomic E-state index is 12.5. The molecule has 0 atom stereocenters. The summed E-state index contributed by atoms with van der Waals surface area (Å²) in [7, 11) is 1.58. The van der Waals surface area contributed by atoms with Gasteiger partial charge in [0.05, 0.1) is 18.4 Å². The summed E-state index contributed by atoms with van der Waals surface area (Å²) in [6.07, 6.45) is 1.40. The quantitative estimate of drug-likeness (QED) is 0.795. The highest BCUT2D eigenvalue weighted by atomic mass is 35.5. The van der Waals surface area contributed by atoms with Gasteiger partial charge in [-0.2, -0.15) is 4.68 Å². The summed E-state index contributed by atoms with van der Waals surface area (Å²) < 4.78 is 6.47. The van der Waals surface area contributed by atoms with Gasteiger partial charge >= 0.3 is 0 Å². The molecule has 0 radical (unpaired) electrons. The van der Waals surface area contributed by atoms with E-state index in [-0.39, 0.29) is 5.91 Å². The van der Waals surface area contributed by atoms with E-state index in [2.05, 4.69) is 20.8 Å². The summed E-state index contributed by atoms with van der Waals surface area (Å²) in [4.78, 5) is 12.5. The first-order valence-corrected chi connectivity index (χ1v) is 7.03. The van der Waals surface area contributed by atoms with E-state index in [1.807, 2.05) is 0 Å². The third-order valence-corrected chi connectivity index (χ3v) is 3.38.